The molecule has 2 aromatic rings. The number of nitrogens with zero attached hydrogens (tertiary/aromatic N) is 2. The number of hydrogen-bond donors (Lipinski definition) is 0. The van der Waals surface area contributed by atoms with Gasteiger partial charge in [0.15, 0.2) is 0 Å². The van der Waals surface area contributed by atoms with Gasteiger partial charge in [0, 0.05) is 37.7 Å². The van der Waals surface area contributed by atoms with Gasteiger partial charge in [-0.3, -0.25) is 4.90 Å². The molecule has 1 aliphatic rings. The largest absolute Gasteiger partial charge is 0.296 e. The smallest absolute Gasteiger partial charge is 0.244 e. The Kier molecular flexibility index (Phi) is 6.40. The van der Waals surface area contributed by atoms with Gasteiger partial charge in [-0.1, -0.05) is 64.6 Å². The Labute approximate surface area is 173 Å². The van der Waals surface area contributed by atoms with E-state index in [2.05, 4.69) is 4.90 Å². The summed E-state index contributed by atoms with van der Waals surface area (Å²) in [6.45, 7) is 2.61. The second kappa shape index (κ2) is 8.23. The van der Waals surface area contributed by atoms with Crippen molar-refractivity contribution in [1.82, 2.24) is 9.21 Å². The molecular weight excluding hydrogens is 438 g/mol. The van der Waals surface area contributed by atoms with E-state index in [4.69, 9.17) is 46.4 Å². The van der Waals surface area contributed by atoms with Gasteiger partial charge in [-0.25, -0.2) is 8.42 Å². The second-order valence-electron chi connectivity index (χ2n) is 5.97. The quantitative estimate of drug-likeness (QED) is 0.623. The Morgan fingerprint density at radius 2 is 1.42 bits per heavy atom. The zero-order valence-corrected chi connectivity index (χ0v) is 17.5. The molecule has 140 valence electrons. The van der Waals surface area contributed by atoms with Crippen LogP contribution in [0.3, 0.4) is 0 Å². The predicted molar refractivity (Wildman–Crippen MR) is 107 cm³/mol. The van der Waals surface area contributed by atoms with Gasteiger partial charge in [0.1, 0.15) is 4.90 Å². The van der Waals surface area contributed by atoms with Crippen LogP contribution in [0.15, 0.2) is 41.3 Å². The van der Waals surface area contributed by atoms with E-state index in [1.54, 1.807) is 0 Å². The number of halogens is 4. The van der Waals surface area contributed by atoms with Gasteiger partial charge in [-0.05, 0) is 23.8 Å². The van der Waals surface area contributed by atoms with E-state index < -0.39 is 10.0 Å². The molecule has 0 spiro atoms. The summed E-state index contributed by atoms with van der Waals surface area (Å²) in [5.74, 6) is 0. The topological polar surface area (TPSA) is 40.6 Å². The summed E-state index contributed by atoms with van der Waals surface area (Å²) in [6, 6.07) is 10.3. The molecule has 1 heterocycles. The van der Waals surface area contributed by atoms with Crippen LogP contribution in [0.25, 0.3) is 0 Å². The SMILES string of the molecule is O=S(=O)(c1cc(Cl)c(Cl)cc1Cl)N1CCN(Cc2ccccc2Cl)CC1. The third kappa shape index (κ3) is 4.30. The fourth-order valence-corrected chi connectivity index (χ4v) is 5.43. The maximum absolute atomic E-state index is 12.9. The van der Waals surface area contributed by atoms with Crippen molar-refractivity contribution >= 4 is 56.4 Å². The van der Waals surface area contributed by atoms with Gasteiger partial charge >= 0.3 is 0 Å². The third-order valence-electron chi connectivity index (χ3n) is 4.28. The van der Waals surface area contributed by atoms with Crippen LogP contribution in [-0.2, 0) is 16.6 Å². The van der Waals surface area contributed by atoms with Gasteiger partial charge in [0.05, 0.1) is 15.1 Å². The molecule has 9 heteroatoms. The summed E-state index contributed by atoms with van der Waals surface area (Å²) in [5.41, 5.74) is 1.03. The third-order valence-corrected chi connectivity index (χ3v) is 7.73. The maximum Gasteiger partial charge on any atom is 0.244 e. The first-order chi connectivity index (χ1) is 12.3. The highest BCUT2D eigenvalue weighted by Crippen LogP contribution is 2.33. The Morgan fingerprint density at radius 1 is 0.808 bits per heavy atom. The molecule has 4 nitrogen and oxygen atoms in total. The normalized spacial score (nSPS) is 16.8. The van der Waals surface area contributed by atoms with Gasteiger partial charge in [0.2, 0.25) is 10.0 Å². The first-order valence-corrected chi connectivity index (χ1v) is 10.8. The highest BCUT2D eigenvalue weighted by Gasteiger charge is 2.30. The summed E-state index contributed by atoms with van der Waals surface area (Å²) < 4.78 is 27.2. The van der Waals surface area contributed by atoms with Crippen molar-refractivity contribution in [3.8, 4) is 0 Å². The van der Waals surface area contributed by atoms with Crippen molar-refractivity contribution in [3.05, 3.63) is 62.1 Å². The van der Waals surface area contributed by atoms with Crippen LogP contribution < -0.4 is 0 Å². The molecule has 0 amide bonds. The first kappa shape index (κ1) is 20.2. The monoisotopic (exact) mass is 452 g/mol. The molecule has 26 heavy (non-hydrogen) atoms. The second-order valence-corrected chi connectivity index (χ2v) is 9.50. The Morgan fingerprint density at radius 3 is 2.08 bits per heavy atom. The molecule has 0 N–H and O–H groups in total. The highest BCUT2D eigenvalue weighted by atomic mass is 35.5. The minimum atomic E-state index is -3.73. The molecule has 0 radical (unpaired) electrons. The van der Waals surface area contributed by atoms with Crippen LogP contribution in [0.1, 0.15) is 5.56 Å². The van der Waals surface area contributed by atoms with E-state index in [1.165, 1.54) is 16.4 Å². The first-order valence-electron chi connectivity index (χ1n) is 7.89. The van der Waals surface area contributed by atoms with Crippen LogP contribution in [0, 0.1) is 0 Å². The van der Waals surface area contributed by atoms with E-state index >= 15 is 0 Å². The van der Waals surface area contributed by atoms with Crippen LogP contribution >= 0.6 is 46.4 Å². The molecule has 2 aromatic carbocycles. The van der Waals surface area contributed by atoms with Gasteiger partial charge in [-0.2, -0.15) is 4.31 Å². The van der Waals surface area contributed by atoms with Crippen molar-refractivity contribution in [3.63, 3.8) is 0 Å². The Balaban J connectivity index is 1.71. The molecule has 0 atom stereocenters. The summed E-state index contributed by atoms with van der Waals surface area (Å²) >= 11 is 24.1. The van der Waals surface area contributed by atoms with Crippen LogP contribution in [0.5, 0.6) is 0 Å². The molecular formula is C17H16Cl4N2O2S. The number of piperazine rings is 1. The summed E-state index contributed by atoms with van der Waals surface area (Å²) in [4.78, 5) is 2.15. The number of sulfonamides is 1. The molecule has 0 unspecified atom stereocenters. The molecule has 0 aromatic heterocycles. The number of benzene rings is 2. The average Bonchev–Trinajstić information content (AvgIpc) is 2.60. The van der Waals surface area contributed by atoms with Crippen molar-refractivity contribution in [2.75, 3.05) is 26.2 Å². The van der Waals surface area contributed by atoms with Crippen molar-refractivity contribution < 1.29 is 8.42 Å². The minimum absolute atomic E-state index is 0.0203. The van der Waals surface area contributed by atoms with E-state index in [1.807, 2.05) is 24.3 Å². The van der Waals surface area contributed by atoms with Gasteiger partial charge < -0.3 is 0 Å². The molecule has 3 rings (SSSR count). The lowest BCUT2D eigenvalue weighted by atomic mass is 10.2. The van der Waals surface area contributed by atoms with Crippen LogP contribution in [0.4, 0.5) is 0 Å². The molecule has 0 aliphatic carbocycles. The van der Waals surface area contributed by atoms with E-state index in [9.17, 15) is 8.42 Å². The van der Waals surface area contributed by atoms with E-state index in [-0.39, 0.29) is 20.0 Å². The maximum atomic E-state index is 12.9. The average molecular weight is 454 g/mol. The molecule has 0 saturated carbocycles. The van der Waals surface area contributed by atoms with Crippen molar-refractivity contribution in [1.29, 1.82) is 0 Å². The lowest BCUT2D eigenvalue weighted by Crippen LogP contribution is -2.48. The molecule has 1 saturated heterocycles. The van der Waals surface area contributed by atoms with E-state index in [0.717, 1.165) is 5.56 Å². The fraction of sp³-hybridized carbons (Fsp3) is 0.294. The Hall–Kier alpha value is -0.530. The lowest BCUT2D eigenvalue weighted by Gasteiger charge is -2.34. The summed E-state index contributed by atoms with van der Waals surface area (Å²) in [5, 5.41) is 1.16. The van der Waals surface area contributed by atoms with E-state index in [0.29, 0.717) is 37.7 Å². The summed E-state index contributed by atoms with van der Waals surface area (Å²) in [6.07, 6.45) is 0. The van der Waals surface area contributed by atoms with Crippen molar-refractivity contribution in [2.45, 2.75) is 11.4 Å². The molecule has 1 fully saturated rings. The molecule has 0 bridgehead atoms. The Bertz CT molecular complexity index is 913. The lowest BCUT2D eigenvalue weighted by molar-refractivity contribution is 0.181. The van der Waals surface area contributed by atoms with Crippen LogP contribution in [0.2, 0.25) is 20.1 Å². The molecule has 1 aliphatic heterocycles. The minimum Gasteiger partial charge on any atom is -0.296 e. The zero-order valence-electron chi connectivity index (χ0n) is 13.6. The highest BCUT2D eigenvalue weighted by molar-refractivity contribution is 7.89. The zero-order chi connectivity index (χ0) is 18.9. The van der Waals surface area contributed by atoms with Gasteiger partial charge in [0.25, 0.3) is 0 Å². The number of rotatable bonds is 4. The standard InChI is InChI=1S/C17H16Cl4N2O2S/c18-13-4-2-1-3-12(13)11-22-5-7-23(8-6-22)26(24,25)17-10-15(20)14(19)9-16(17)21/h1-4,9-10H,5-8,11H2. The number of hydrogen-bond acceptors (Lipinski definition) is 3. The predicted octanol–water partition coefficient (Wildman–Crippen LogP) is 4.81. The summed E-state index contributed by atoms with van der Waals surface area (Å²) in [7, 11) is -3.73. The fourth-order valence-electron chi connectivity index (χ4n) is 2.84. The van der Waals surface area contributed by atoms with Crippen molar-refractivity contribution in [2.24, 2.45) is 0 Å². The van der Waals surface area contributed by atoms with Crippen LogP contribution in [-0.4, -0.2) is 43.8 Å². The van der Waals surface area contributed by atoms with Gasteiger partial charge in [-0.15, -0.1) is 0 Å².